The van der Waals surface area contributed by atoms with E-state index in [0.717, 1.165) is 25.2 Å². The van der Waals surface area contributed by atoms with Gasteiger partial charge in [0.25, 0.3) is 0 Å². The van der Waals surface area contributed by atoms with E-state index in [1.807, 2.05) is 12.3 Å². The Morgan fingerprint density at radius 1 is 1.23 bits per heavy atom. The Morgan fingerprint density at radius 2 is 2.16 bits per heavy atom. The zero-order chi connectivity index (χ0) is 20.5. The lowest BCUT2D eigenvalue weighted by atomic mass is 10.2. The van der Waals surface area contributed by atoms with Gasteiger partial charge in [-0.25, -0.2) is 9.37 Å². The van der Waals surface area contributed by atoms with E-state index in [-0.39, 0.29) is 11.9 Å². The molecule has 1 aromatic carbocycles. The van der Waals surface area contributed by atoms with E-state index in [1.54, 1.807) is 10.6 Å². The van der Waals surface area contributed by atoms with Crippen LogP contribution in [-0.4, -0.2) is 54.8 Å². The van der Waals surface area contributed by atoms with Crippen molar-refractivity contribution in [1.29, 1.82) is 0 Å². The maximum absolute atomic E-state index is 14.0. The highest BCUT2D eigenvalue weighted by molar-refractivity contribution is 5.75. The van der Waals surface area contributed by atoms with Crippen molar-refractivity contribution in [3.05, 3.63) is 41.6 Å². The van der Waals surface area contributed by atoms with Gasteiger partial charge in [-0.05, 0) is 37.3 Å². The third-order valence-electron chi connectivity index (χ3n) is 6.48. The quantitative estimate of drug-likeness (QED) is 0.512. The molecular formula is C21H21FN8O. The van der Waals surface area contributed by atoms with Crippen LogP contribution in [0.2, 0.25) is 0 Å². The van der Waals surface area contributed by atoms with E-state index in [1.165, 1.54) is 24.5 Å². The number of aromatic nitrogens is 6. The second kappa shape index (κ2) is 6.36. The average molecular weight is 420 g/mol. The zero-order valence-electron chi connectivity index (χ0n) is 16.8. The summed E-state index contributed by atoms with van der Waals surface area (Å²) in [5, 5.41) is 7.90. The van der Waals surface area contributed by atoms with Crippen LogP contribution in [0.3, 0.4) is 0 Å². The summed E-state index contributed by atoms with van der Waals surface area (Å²) in [5.41, 5.74) is 3.05. The number of para-hydroxylation sites is 1. The smallest absolute Gasteiger partial charge is 0.231 e. The van der Waals surface area contributed by atoms with Gasteiger partial charge in [-0.3, -0.25) is 0 Å². The first kappa shape index (κ1) is 17.4. The molecule has 2 atom stereocenters. The predicted octanol–water partition coefficient (Wildman–Crippen LogP) is 2.61. The van der Waals surface area contributed by atoms with Crippen molar-refractivity contribution < 1.29 is 9.13 Å². The molecule has 7 rings (SSSR count). The number of morpholine rings is 1. The zero-order valence-corrected chi connectivity index (χ0v) is 16.8. The molecule has 3 aromatic heterocycles. The van der Waals surface area contributed by atoms with E-state index < -0.39 is 0 Å². The molecule has 10 heteroatoms. The minimum atomic E-state index is -0.334. The molecule has 0 amide bonds. The Morgan fingerprint density at radius 3 is 2.94 bits per heavy atom. The lowest BCUT2D eigenvalue weighted by Crippen LogP contribution is -2.38. The normalized spacial score (nSPS) is 22.8. The molecule has 4 aromatic rings. The number of hydrogen-bond donors (Lipinski definition) is 2. The molecule has 31 heavy (non-hydrogen) atoms. The van der Waals surface area contributed by atoms with Gasteiger partial charge in [0.15, 0.2) is 11.5 Å². The van der Waals surface area contributed by atoms with Crippen LogP contribution < -0.4 is 10.2 Å². The van der Waals surface area contributed by atoms with Gasteiger partial charge in [-0.15, -0.1) is 0 Å². The molecule has 3 fully saturated rings. The van der Waals surface area contributed by atoms with Gasteiger partial charge >= 0.3 is 0 Å². The highest BCUT2D eigenvalue weighted by Gasteiger charge is 2.41. The highest BCUT2D eigenvalue weighted by Crippen LogP contribution is 2.42. The molecular weight excluding hydrogens is 399 g/mol. The fraction of sp³-hybridized carbons (Fsp3) is 0.429. The Hall–Kier alpha value is -3.27. The Bertz CT molecular complexity index is 1310. The van der Waals surface area contributed by atoms with Crippen molar-refractivity contribution in [2.75, 3.05) is 23.4 Å². The van der Waals surface area contributed by atoms with Crippen LogP contribution >= 0.6 is 0 Å². The highest BCUT2D eigenvalue weighted by atomic mass is 19.1. The fourth-order valence-electron chi connectivity index (χ4n) is 4.75. The molecule has 2 aliphatic heterocycles. The van der Waals surface area contributed by atoms with Crippen molar-refractivity contribution in [3.63, 3.8) is 0 Å². The van der Waals surface area contributed by atoms with Gasteiger partial charge in [0, 0.05) is 12.1 Å². The number of H-pyrrole nitrogens is 1. The lowest BCUT2D eigenvalue weighted by Gasteiger charge is -2.27. The molecule has 0 radical (unpaired) electrons. The molecule has 5 heterocycles. The number of imidazole rings is 1. The summed E-state index contributed by atoms with van der Waals surface area (Å²) in [7, 11) is 0. The Labute approximate surface area is 176 Å². The molecule has 1 saturated carbocycles. The fourth-order valence-corrected chi connectivity index (χ4v) is 4.75. The van der Waals surface area contributed by atoms with E-state index in [4.69, 9.17) is 14.7 Å². The first-order valence-electron chi connectivity index (χ1n) is 10.7. The molecule has 3 aliphatic rings. The van der Waals surface area contributed by atoms with E-state index in [2.05, 4.69) is 25.3 Å². The Kier molecular flexibility index (Phi) is 3.58. The SMILES string of the molecule is Fc1cccc2[nH]c(CNc3nc(N4C[C@@H]5C[C@H]4CO5)nc4c(C5CC5)cnn34)nc12. The minimum absolute atomic E-state index is 0.263. The second-order valence-corrected chi connectivity index (χ2v) is 8.63. The third-order valence-corrected chi connectivity index (χ3v) is 6.48. The van der Waals surface area contributed by atoms with Crippen molar-refractivity contribution in [3.8, 4) is 0 Å². The van der Waals surface area contributed by atoms with Crippen LogP contribution in [0.4, 0.5) is 16.3 Å². The lowest BCUT2D eigenvalue weighted by molar-refractivity contribution is 0.0986. The maximum Gasteiger partial charge on any atom is 0.231 e. The van der Waals surface area contributed by atoms with Gasteiger partial charge in [0.05, 0.1) is 37.0 Å². The summed E-state index contributed by atoms with van der Waals surface area (Å²) in [4.78, 5) is 19.5. The van der Waals surface area contributed by atoms with E-state index >= 15 is 0 Å². The van der Waals surface area contributed by atoms with Crippen LogP contribution in [-0.2, 0) is 11.3 Å². The molecule has 1 aliphatic carbocycles. The summed E-state index contributed by atoms with van der Waals surface area (Å²) in [6.07, 6.45) is 5.55. The number of benzene rings is 1. The van der Waals surface area contributed by atoms with Crippen molar-refractivity contribution in [1.82, 2.24) is 29.5 Å². The number of nitrogens with one attached hydrogen (secondary N) is 2. The van der Waals surface area contributed by atoms with Gasteiger partial charge in [-0.1, -0.05) is 6.07 Å². The van der Waals surface area contributed by atoms with Crippen molar-refractivity contribution >= 4 is 28.6 Å². The molecule has 158 valence electrons. The summed E-state index contributed by atoms with van der Waals surface area (Å²) in [5.74, 6) is 2.15. The van der Waals surface area contributed by atoms with Crippen molar-refractivity contribution in [2.45, 2.75) is 43.9 Å². The number of ether oxygens (including phenoxy) is 1. The molecule has 2 saturated heterocycles. The van der Waals surface area contributed by atoms with Crippen LogP contribution in [0, 0.1) is 5.82 Å². The Balaban J connectivity index is 1.26. The monoisotopic (exact) mass is 420 g/mol. The molecule has 9 nitrogen and oxygen atoms in total. The van der Waals surface area contributed by atoms with Gasteiger partial charge in [-0.2, -0.15) is 19.6 Å². The number of hydrogen-bond acceptors (Lipinski definition) is 7. The molecule has 0 unspecified atom stereocenters. The first-order chi connectivity index (χ1) is 15.2. The van der Waals surface area contributed by atoms with Crippen LogP contribution in [0.25, 0.3) is 16.7 Å². The molecule has 2 N–H and O–H groups in total. The molecule has 0 spiro atoms. The summed E-state index contributed by atoms with van der Waals surface area (Å²) in [6, 6.07) is 5.22. The summed E-state index contributed by atoms with van der Waals surface area (Å²) < 4.78 is 21.5. The van der Waals surface area contributed by atoms with Gasteiger partial charge in [0.1, 0.15) is 11.3 Å². The largest absolute Gasteiger partial charge is 0.374 e. The van der Waals surface area contributed by atoms with Gasteiger partial charge in [0.2, 0.25) is 11.9 Å². The van der Waals surface area contributed by atoms with E-state index in [0.29, 0.717) is 47.3 Å². The van der Waals surface area contributed by atoms with Gasteiger partial charge < -0.3 is 19.9 Å². The van der Waals surface area contributed by atoms with Crippen molar-refractivity contribution in [2.24, 2.45) is 0 Å². The minimum Gasteiger partial charge on any atom is -0.374 e. The predicted molar refractivity (Wildman–Crippen MR) is 112 cm³/mol. The number of halogens is 1. The van der Waals surface area contributed by atoms with Crippen LogP contribution in [0.5, 0.6) is 0 Å². The number of aromatic amines is 1. The summed E-state index contributed by atoms with van der Waals surface area (Å²) >= 11 is 0. The standard InChI is InChI=1S/C21H21FN8O/c22-15-2-1-3-16-18(15)26-17(25-16)8-23-20-28-21(29-9-13-6-12(29)10-31-13)27-19-14(11-4-5-11)7-24-30(19)20/h1-3,7,11-13H,4-6,8-10H2,(H,25,26)(H,23,27,28)/t12-,13-/m0/s1. The first-order valence-corrected chi connectivity index (χ1v) is 10.7. The topological polar surface area (TPSA) is 96.3 Å². The van der Waals surface area contributed by atoms with Crippen LogP contribution in [0.15, 0.2) is 24.4 Å². The number of rotatable bonds is 5. The van der Waals surface area contributed by atoms with E-state index in [9.17, 15) is 4.39 Å². The molecule has 2 bridgehead atoms. The number of fused-ring (bicyclic) bond motifs is 4. The second-order valence-electron chi connectivity index (χ2n) is 8.63. The third kappa shape index (κ3) is 2.78. The number of nitrogens with zero attached hydrogens (tertiary/aromatic N) is 6. The number of anilines is 2. The van der Waals surface area contributed by atoms with Crippen LogP contribution in [0.1, 0.15) is 36.6 Å². The maximum atomic E-state index is 14.0. The average Bonchev–Trinajstić information content (AvgIpc) is 3.17. The summed E-state index contributed by atoms with van der Waals surface area (Å²) in [6.45, 7) is 1.91.